The lowest BCUT2D eigenvalue weighted by Gasteiger charge is -2.29. The first-order chi connectivity index (χ1) is 35.0. The van der Waals surface area contributed by atoms with Crippen molar-refractivity contribution in [2.45, 2.75) is 329 Å². The van der Waals surface area contributed by atoms with E-state index in [0.717, 1.165) is 71.1 Å². The SMILES string of the molecule is CCCCCCCCCCCCCCNCCCCN(CCCCCCCCCCCCCC)CC(O)CN(CC(=O)NCCCCCCCCCCCC)CC(=O)NCCCCCCCCCCCC. The lowest BCUT2D eigenvalue weighted by Crippen LogP contribution is -2.48. The second-order valence-corrected chi connectivity index (χ2v) is 22.4. The zero-order valence-electron chi connectivity index (χ0n) is 48.8. The van der Waals surface area contributed by atoms with Crippen molar-refractivity contribution in [3.05, 3.63) is 0 Å². The van der Waals surface area contributed by atoms with Gasteiger partial charge < -0.3 is 26.0 Å². The summed E-state index contributed by atoms with van der Waals surface area (Å²) < 4.78 is 0. The summed E-state index contributed by atoms with van der Waals surface area (Å²) in [6.07, 6.45) is 59.8. The van der Waals surface area contributed by atoms with Gasteiger partial charge in [0.1, 0.15) is 0 Å². The Kier molecular flexibility index (Phi) is 58.6. The van der Waals surface area contributed by atoms with E-state index in [1.54, 1.807) is 0 Å². The molecule has 1 atom stereocenters. The number of aliphatic hydroxyl groups excluding tert-OH is 1. The molecule has 0 rings (SSSR count). The van der Waals surface area contributed by atoms with Crippen molar-refractivity contribution < 1.29 is 14.7 Å². The van der Waals surface area contributed by atoms with Crippen molar-refractivity contribution in [3.8, 4) is 0 Å². The minimum absolute atomic E-state index is 0.0417. The molecule has 0 bridgehead atoms. The second-order valence-electron chi connectivity index (χ2n) is 22.4. The van der Waals surface area contributed by atoms with Gasteiger partial charge in [-0.25, -0.2) is 0 Å². The van der Waals surface area contributed by atoms with Crippen LogP contribution in [-0.2, 0) is 9.59 Å². The highest BCUT2D eigenvalue weighted by molar-refractivity contribution is 5.81. The highest BCUT2D eigenvalue weighted by atomic mass is 16.3. The number of carbonyl (C=O) groups excluding carboxylic acids is 2. The van der Waals surface area contributed by atoms with Crippen LogP contribution in [-0.4, -0.2) is 98.3 Å². The van der Waals surface area contributed by atoms with Gasteiger partial charge in [-0.2, -0.15) is 0 Å². The van der Waals surface area contributed by atoms with Gasteiger partial charge in [-0.05, 0) is 64.7 Å². The van der Waals surface area contributed by atoms with Gasteiger partial charge in [0.15, 0.2) is 0 Å². The fraction of sp³-hybridized carbons (Fsp3) is 0.968. The number of hydrogen-bond acceptors (Lipinski definition) is 6. The zero-order chi connectivity index (χ0) is 51.6. The summed E-state index contributed by atoms with van der Waals surface area (Å²) in [5.41, 5.74) is 0. The molecule has 4 N–H and O–H groups in total. The number of nitrogens with zero attached hydrogens (tertiary/aromatic N) is 2. The molecule has 0 aliphatic carbocycles. The maximum atomic E-state index is 13.3. The third-order valence-corrected chi connectivity index (χ3v) is 15.0. The van der Waals surface area contributed by atoms with Crippen LogP contribution in [0.3, 0.4) is 0 Å². The van der Waals surface area contributed by atoms with Gasteiger partial charge in [0.2, 0.25) is 11.8 Å². The lowest BCUT2D eigenvalue weighted by atomic mass is 10.1. The Labute approximate surface area is 445 Å². The second kappa shape index (κ2) is 59.7. The molecule has 0 spiro atoms. The molecule has 0 aromatic rings. The minimum atomic E-state index is -0.624. The molecule has 71 heavy (non-hydrogen) atoms. The van der Waals surface area contributed by atoms with Gasteiger partial charge >= 0.3 is 0 Å². The zero-order valence-corrected chi connectivity index (χ0v) is 48.8. The summed E-state index contributed by atoms with van der Waals surface area (Å²) in [5.74, 6) is -0.0834. The van der Waals surface area contributed by atoms with Crippen molar-refractivity contribution in [3.63, 3.8) is 0 Å². The third kappa shape index (κ3) is 56.3. The minimum Gasteiger partial charge on any atom is -0.390 e. The molecule has 8 nitrogen and oxygen atoms in total. The molecule has 2 amide bonds. The van der Waals surface area contributed by atoms with Crippen molar-refractivity contribution >= 4 is 11.8 Å². The number of rotatable bonds is 61. The quantitative estimate of drug-likeness (QED) is 0.0453. The summed E-state index contributed by atoms with van der Waals surface area (Å²) in [7, 11) is 0. The number of hydrogen-bond donors (Lipinski definition) is 4. The van der Waals surface area contributed by atoms with E-state index in [4.69, 9.17) is 0 Å². The monoisotopic (exact) mass is 1000 g/mol. The third-order valence-electron chi connectivity index (χ3n) is 15.0. The average molecular weight is 1000 g/mol. The van der Waals surface area contributed by atoms with Gasteiger partial charge in [0.05, 0.1) is 19.2 Å². The molecule has 1 unspecified atom stereocenters. The standard InChI is InChI=1S/C63H129N5O3/c1-5-9-13-17-21-25-29-31-33-37-41-45-51-64-52-48-50-56-67(55-49-44-40-36-32-30-26-22-18-14-10-6-2)57-61(69)58-68(59-62(70)65-53-46-42-38-34-27-23-19-15-11-7-3)60-63(71)66-54-47-43-39-35-28-24-20-16-12-8-4/h61,64,69H,5-60H2,1-4H3,(H,65,70)(H,66,71). The Morgan fingerprint density at radius 2 is 0.535 bits per heavy atom. The molecule has 0 aromatic carbocycles. The maximum absolute atomic E-state index is 13.3. The maximum Gasteiger partial charge on any atom is 0.234 e. The summed E-state index contributed by atoms with van der Waals surface area (Å²) in [6.45, 7) is 15.8. The molecule has 0 heterocycles. The van der Waals surface area contributed by atoms with E-state index in [0.29, 0.717) is 26.2 Å². The molecule has 0 aliphatic heterocycles. The first-order valence-electron chi connectivity index (χ1n) is 32.3. The smallest absolute Gasteiger partial charge is 0.234 e. The van der Waals surface area contributed by atoms with E-state index in [1.165, 1.54) is 250 Å². The van der Waals surface area contributed by atoms with E-state index < -0.39 is 6.10 Å². The Bertz CT molecular complexity index is 1010. The van der Waals surface area contributed by atoms with Crippen molar-refractivity contribution in [1.82, 2.24) is 25.8 Å². The van der Waals surface area contributed by atoms with Crippen LogP contribution in [0.25, 0.3) is 0 Å². The summed E-state index contributed by atoms with van der Waals surface area (Å²) >= 11 is 0. The highest BCUT2D eigenvalue weighted by Gasteiger charge is 2.20. The van der Waals surface area contributed by atoms with E-state index in [1.807, 2.05) is 4.90 Å². The van der Waals surface area contributed by atoms with Gasteiger partial charge in [-0.3, -0.25) is 14.5 Å². The summed E-state index contributed by atoms with van der Waals surface area (Å²) in [6, 6.07) is 0. The lowest BCUT2D eigenvalue weighted by molar-refractivity contribution is -0.125. The topological polar surface area (TPSA) is 96.9 Å². The molecular formula is C63H129N5O3. The predicted molar refractivity (Wildman–Crippen MR) is 313 cm³/mol. The normalized spacial score (nSPS) is 12.2. The first kappa shape index (κ1) is 69.8. The molecule has 0 saturated heterocycles. The van der Waals surface area contributed by atoms with Gasteiger partial charge in [-0.1, -0.05) is 285 Å². The van der Waals surface area contributed by atoms with Crippen LogP contribution in [0.5, 0.6) is 0 Å². The summed E-state index contributed by atoms with van der Waals surface area (Å²) in [5, 5.41) is 21.7. The first-order valence-corrected chi connectivity index (χ1v) is 32.3. The van der Waals surface area contributed by atoms with Crippen molar-refractivity contribution in [2.24, 2.45) is 0 Å². The van der Waals surface area contributed by atoms with Crippen LogP contribution < -0.4 is 16.0 Å². The number of carbonyl (C=O) groups is 2. The molecule has 0 aromatic heterocycles. The Balaban J connectivity index is 5.06. The largest absolute Gasteiger partial charge is 0.390 e. The molecule has 8 heteroatoms. The molecule has 0 radical (unpaired) electrons. The molecule has 0 fully saturated rings. The van der Waals surface area contributed by atoms with E-state index >= 15 is 0 Å². The fourth-order valence-corrected chi connectivity index (χ4v) is 10.3. The van der Waals surface area contributed by atoms with Crippen LogP contribution in [0.4, 0.5) is 0 Å². The van der Waals surface area contributed by atoms with Crippen LogP contribution in [0, 0.1) is 0 Å². The van der Waals surface area contributed by atoms with Crippen molar-refractivity contribution in [2.75, 3.05) is 65.4 Å². The van der Waals surface area contributed by atoms with E-state index in [9.17, 15) is 14.7 Å². The number of amides is 2. The predicted octanol–water partition coefficient (Wildman–Crippen LogP) is 16.8. The van der Waals surface area contributed by atoms with Crippen molar-refractivity contribution in [1.29, 1.82) is 0 Å². The average Bonchev–Trinajstić information content (AvgIpc) is 3.35. The van der Waals surface area contributed by atoms with E-state index in [-0.39, 0.29) is 24.9 Å². The number of unbranched alkanes of at least 4 members (excludes halogenated alkanes) is 41. The summed E-state index contributed by atoms with van der Waals surface area (Å²) in [4.78, 5) is 31.0. The molecule has 0 aliphatic rings. The van der Waals surface area contributed by atoms with Crippen LogP contribution in [0.15, 0.2) is 0 Å². The van der Waals surface area contributed by atoms with Crippen LogP contribution >= 0.6 is 0 Å². The molecular weight excluding hydrogens is 875 g/mol. The van der Waals surface area contributed by atoms with Gasteiger partial charge in [0, 0.05) is 26.2 Å². The Hall–Kier alpha value is -1.22. The Morgan fingerprint density at radius 3 is 0.845 bits per heavy atom. The highest BCUT2D eigenvalue weighted by Crippen LogP contribution is 2.15. The van der Waals surface area contributed by atoms with Crippen LogP contribution in [0.1, 0.15) is 323 Å². The van der Waals surface area contributed by atoms with Crippen LogP contribution in [0.2, 0.25) is 0 Å². The number of nitrogens with one attached hydrogen (secondary N) is 3. The van der Waals surface area contributed by atoms with Gasteiger partial charge in [-0.15, -0.1) is 0 Å². The number of aliphatic hydroxyl groups is 1. The van der Waals surface area contributed by atoms with Gasteiger partial charge in [0.25, 0.3) is 0 Å². The Morgan fingerprint density at radius 1 is 0.310 bits per heavy atom. The van der Waals surface area contributed by atoms with E-state index in [2.05, 4.69) is 48.5 Å². The fourth-order valence-electron chi connectivity index (χ4n) is 10.3. The molecule has 0 saturated carbocycles. The molecule has 424 valence electrons.